The Balaban J connectivity index is 2.39. The molecule has 0 heterocycles. The Kier molecular flexibility index (Phi) is 7.83. The minimum atomic E-state index is -2.47. The van der Waals surface area contributed by atoms with Gasteiger partial charge in [-0.3, -0.25) is 0 Å². The number of alkyl halides is 1. The first kappa shape index (κ1) is 17.7. The molecule has 0 amide bonds. The van der Waals surface area contributed by atoms with E-state index in [2.05, 4.69) is 0 Å². The van der Waals surface area contributed by atoms with Crippen molar-refractivity contribution in [3.8, 4) is 0 Å². The molecule has 0 spiro atoms. The normalized spacial score (nSPS) is 13.2. The van der Waals surface area contributed by atoms with Crippen LogP contribution < -0.4 is 0 Å². The molecule has 20 heavy (non-hydrogen) atoms. The summed E-state index contributed by atoms with van der Waals surface area (Å²) in [4.78, 5) is 0. The van der Waals surface area contributed by atoms with Crippen molar-refractivity contribution in [3.63, 3.8) is 0 Å². The van der Waals surface area contributed by atoms with Crippen LogP contribution in [0.2, 0.25) is 12.6 Å². The van der Waals surface area contributed by atoms with Crippen LogP contribution >= 0.6 is 11.6 Å². The molecular weight excluding hydrogens is 308 g/mol. The van der Waals surface area contributed by atoms with Gasteiger partial charge in [0.05, 0.1) is 5.38 Å². The fourth-order valence-corrected chi connectivity index (χ4v) is 8.09. The van der Waals surface area contributed by atoms with E-state index in [-0.39, 0.29) is 5.38 Å². The van der Waals surface area contributed by atoms with Crippen molar-refractivity contribution < 1.29 is 13.3 Å². The van der Waals surface area contributed by atoms with E-state index in [1.807, 2.05) is 30.3 Å². The average molecular weight is 331 g/mol. The van der Waals surface area contributed by atoms with Crippen LogP contribution in [0.15, 0.2) is 30.3 Å². The molecule has 1 atom stereocenters. The molecule has 1 rings (SSSR count). The monoisotopic (exact) mass is 330 g/mol. The average Bonchev–Trinajstić information content (AvgIpc) is 2.48. The molecule has 0 fully saturated rings. The van der Waals surface area contributed by atoms with Crippen molar-refractivity contribution in [1.82, 2.24) is 0 Å². The maximum Gasteiger partial charge on any atom is 0.384 e. The van der Waals surface area contributed by atoms with E-state index in [4.69, 9.17) is 20.5 Å². The number of hydrogen-bond donors (Lipinski definition) is 0. The Morgan fingerprint density at radius 3 is 2.30 bits per heavy atom. The van der Waals surface area contributed by atoms with Crippen LogP contribution in [0.3, 0.4) is 0 Å². The summed E-state index contributed by atoms with van der Waals surface area (Å²) >= 11 is 6.38. The first-order chi connectivity index (χ1) is 9.55. The maximum atomic E-state index is 11.8. The van der Waals surface area contributed by atoms with E-state index >= 15 is 0 Å². The molecule has 0 bridgehead atoms. The molecule has 1 aromatic rings. The third-order valence-corrected chi connectivity index (χ3v) is 12.6. The Bertz CT molecular complexity index is 410. The van der Waals surface area contributed by atoms with Crippen molar-refractivity contribution in [3.05, 3.63) is 35.9 Å². The highest BCUT2D eigenvalue weighted by Gasteiger charge is 2.42. The number of rotatable bonds is 9. The van der Waals surface area contributed by atoms with Crippen molar-refractivity contribution >= 4 is 27.9 Å². The predicted molar refractivity (Wildman–Crippen MR) is 85.8 cm³/mol. The largest absolute Gasteiger partial charge is 0.396 e. The number of halogens is 1. The van der Waals surface area contributed by atoms with Gasteiger partial charge in [0.1, 0.15) is 0 Å². The molecule has 0 N–H and O–H groups in total. The van der Waals surface area contributed by atoms with Crippen molar-refractivity contribution in [2.45, 2.75) is 37.2 Å². The summed E-state index contributed by atoms with van der Waals surface area (Å²) in [6.45, 7) is 1.73. The smallest absolute Gasteiger partial charge is 0.384 e. The Hall–Kier alpha value is -0.336. The van der Waals surface area contributed by atoms with E-state index in [9.17, 15) is 4.46 Å². The molecule has 0 aliphatic heterocycles. The second-order valence-electron chi connectivity index (χ2n) is 4.84. The minimum absolute atomic E-state index is 0.0380. The van der Waals surface area contributed by atoms with Gasteiger partial charge >= 0.3 is 16.3 Å². The lowest BCUT2D eigenvalue weighted by molar-refractivity contribution is 0.259. The fourth-order valence-electron chi connectivity index (χ4n) is 2.26. The number of benzene rings is 1. The van der Waals surface area contributed by atoms with Crippen LogP contribution in [0.1, 0.15) is 30.2 Å². The molecule has 0 saturated heterocycles. The lowest BCUT2D eigenvalue weighted by atomic mass is 10.1. The van der Waals surface area contributed by atoms with Gasteiger partial charge in [-0.2, -0.15) is 0 Å². The maximum absolute atomic E-state index is 11.8. The van der Waals surface area contributed by atoms with E-state index in [0.717, 1.165) is 30.9 Å². The third-order valence-electron chi connectivity index (χ3n) is 3.57. The first-order valence-electron chi connectivity index (χ1n) is 6.86. The molecule has 3 nitrogen and oxygen atoms in total. The highest BCUT2D eigenvalue weighted by Crippen LogP contribution is 2.27. The summed E-state index contributed by atoms with van der Waals surface area (Å²) in [5, 5.41) is 0.0380. The molecule has 0 aliphatic rings. The summed E-state index contributed by atoms with van der Waals surface area (Å²) in [6, 6.07) is 10.9. The predicted octanol–water partition coefficient (Wildman–Crippen LogP) is 4.00. The van der Waals surface area contributed by atoms with Gasteiger partial charge in [0.2, 0.25) is 0 Å². The zero-order valence-corrected chi connectivity index (χ0v) is 15.2. The van der Waals surface area contributed by atoms with E-state index in [1.165, 1.54) is 0 Å². The SMILES string of the molecule is CO[Si](CCCCC(Cl)c1ccccc1)(OC)[Si](C)=O. The quantitative estimate of drug-likeness (QED) is 0.390. The van der Waals surface area contributed by atoms with Crippen LogP contribution in [0, 0.1) is 0 Å². The Morgan fingerprint density at radius 2 is 1.80 bits per heavy atom. The van der Waals surface area contributed by atoms with Gasteiger partial charge in [0.25, 0.3) is 0 Å². The van der Waals surface area contributed by atoms with Gasteiger partial charge in [0, 0.05) is 14.2 Å². The van der Waals surface area contributed by atoms with Crippen molar-refractivity contribution in [2.24, 2.45) is 0 Å². The lowest BCUT2D eigenvalue weighted by Gasteiger charge is -2.23. The standard InChI is InChI=1S/C14H23ClO3Si2/c1-17-20(18-2,19(3)16)12-8-7-11-14(15)13-9-5-4-6-10-13/h4-6,9-10,14H,7-8,11-12H2,1-3H3. The Labute approximate surface area is 129 Å². The summed E-state index contributed by atoms with van der Waals surface area (Å²) in [6.07, 6.45) is 2.84. The van der Waals surface area contributed by atoms with Crippen LogP contribution in [-0.4, -0.2) is 30.5 Å². The van der Waals surface area contributed by atoms with Crippen LogP contribution in [-0.2, 0) is 13.3 Å². The molecule has 112 valence electrons. The van der Waals surface area contributed by atoms with Crippen molar-refractivity contribution in [1.29, 1.82) is 0 Å². The lowest BCUT2D eigenvalue weighted by Crippen LogP contribution is -2.49. The molecule has 0 saturated carbocycles. The van der Waals surface area contributed by atoms with Gasteiger partial charge in [-0.25, -0.2) is 0 Å². The molecular formula is C14H23ClO3Si2. The molecule has 0 aromatic heterocycles. The second kappa shape index (κ2) is 8.84. The highest BCUT2D eigenvalue weighted by molar-refractivity contribution is 7.20. The van der Waals surface area contributed by atoms with E-state index < -0.39 is 16.3 Å². The minimum Gasteiger partial charge on any atom is -0.396 e. The van der Waals surface area contributed by atoms with Crippen LogP contribution in [0.4, 0.5) is 0 Å². The third kappa shape index (κ3) is 4.89. The van der Waals surface area contributed by atoms with Crippen LogP contribution in [0.5, 0.6) is 0 Å². The first-order valence-corrected chi connectivity index (χ1v) is 12.2. The topological polar surface area (TPSA) is 35.5 Å². The molecule has 1 aromatic carbocycles. The van der Waals surface area contributed by atoms with E-state index in [0.29, 0.717) is 0 Å². The van der Waals surface area contributed by atoms with Gasteiger partial charge in [-0.05, 0) is 24.6 Å². The van der Waals surface area contributed by atoms with Gasteiger partial charge in [0.15, 0.2) is 0 Å². The van der Waals surface area contributed by atoms with Gasteiger partial charge in [-0.1, -0.05) is 43.2 Å². The van der Waals surface area contributed by atoms with Gasteiger partial charge in [-0.15, -0.1) is 11.6 Å². The molecule has 6 heteroatoms. The highest BCUT2D eigenvalue weighted by atomic mass is 35.5. The van der Waals surface area contributed by atoms with E-state index in [1.54, 1.807) is 20.8 Å². The zero-order valence-electron chi connectivity index (χ0n) is 12.4. The summed E-state index contributed by atoms with van der Waals surface area (Å²) < 4.78 is 22.8. The van der Waals surface area contributed by atoms with Crippen LogP contribution in [0.25, 0.3) is 0 Å². The second-order valence-corrected chi connectivity index (χ2v) is 13.7. The molecule has 0 aliphatic carbocycles. The number of unbranched alkanes of at least 4 members (excludes halogenated alkanes) is 1. The van der Waals surface area contributed by atoms with Gasteiger partial charge < -0.3 is 13.3 Å². The molecule has 0 radical (unpaired) electrons. The summed E-state index contributed by atoms with van der Waals surface area (Å²) in [5.74, 6) is 0. The number of hydrogen-bond acceptors (Lipinski definition) is 3. The fraction of sp³-hybridized carbons (Fsp3) is 0.571. The Morgan fingerprint density at radius 1 is 1.20 bits per heavy atom. The molecule has 1 unspecified atom stereocenters. The summed E-state index contributed by atoms with van der Waals surface area (Å²) in [5.41, 5.74) is 1.15. The zero-order chi connectivity index (χ0) is 15.0. The summed E-state index contributed by atoms with van der Waals surface area (Å²) in [7, 11) is -1.03. The van der Waals surface area contributed by atoms with Crippen molar-refractivity contribution in [2.75, 3.05) is 14.2 Å².